The minimum Gasteiger partial charge on any atom is -0.748 e. The van der Waals surface area contributed by atoms with E-state index in [-0.39, 0.29) is 36.0 Å². The largest absolute Gasteiger partial charge is 1.00 e. The zero-order valence-corrected chi connectivity index (χ0v) is 21.8. The van der Waals surface area contributed by atoms with Gasteiger partial charge in [-0.3, -0.25) is 0 Å². The Balaban J connectivity index is 0. The summed E-state index contributed by atoms with van der Waals surface area (Å²) in [5.74, 6) is 0. The molecule has 0 aliphatic carbocycles. The van der Waals surface area contributed by atoms with Crippen LogP contribution in [0.25, 0.3) is 0 Å². The molecular weight excluding hydrogens is 383 g/mol. The quantitative estimate of drug-likeness (QED) is 0.183. The summed E-state index contributed by atoms with van der Waals surface area (Å²) in [5, 5.41) is 9.07. The smallest absolute Gasteiger partial charge is 0.748 e. The molecule has 2 unspecified atom stereocenters. The van der Waals surface area contributed by atoms with Crippen LogP contribution in [0.4, 0.5) is 0 Å². The van der Waals surface area contributed by atoms with Crippen molar-refractivity contribution in [3.8, 4) is 0 Å². The van der Waals surface area contributed by atoms with Gasteiger partial charge in [-0.25, -0.2) is 8.42 Å². The van der Waals surface area contributed by atoms with E-state index in [2.05, 4.69) is 6.92 Å². The normalized spacial score (nSPS) is 13.9. The molecule has 28 heavy (non-hydrogen) atoms. The van der Waals surface area contributed by atoms with Gasteiger partial charge in [0, 0.05) is 0 Å². The summed E-state index contributed by atoms with van der Waals surface area (Å²) in [4.78, 5) is 0. The van der Waals surface area contributed by atoms with Gasteiger partial charge in [0.25, 0.3) is 0 Å². The summed E-state index contributed by atoms with van der Waals surface area (Å²) in [6.07, 6.45) is 19.1. The van der Waals surface area contributed by atoms with E-state index in [4.69, 9.17) is 0 Å². The van der Waals surface area contributed by atoms with Crippen LogP contribution in [-0.2, 0) is 10.1 Å². The van der Waals surface area contributed by atoms with E-state index in [9.17, 15) is 18.1 Å². The van der Waals surface area contributed by atoms with Crippen molar-refractivity contribution in [2.24, 2.45) is 0 Å². The second kappa shape index (κ2) is 21.1. The zero-order chi connectivity index (χ0) is 20.4. The summed E-state index contributed by atoms with van der Waals surface area (Å²) < 4.78 is 33.6. The minimum absolute atomic E-state index is 0. The molecule has 0 aliphatic heterocycles. The molecule has 4 nitrogen and oxygen atoms in total. The van der Waals surface area contributed by atoms with Crippen LogP contribution in [-0.4, -0.2) is 29.4 Å². The third-order valence-corrected chi connectivity index (χ3v) is 6.69. The molecule has 0 radical (unpaired) electrons. The van der Waals surface area contributed by atoms with Gasteiger partial charge in [-0.05, 0) is 19.3 Å². The molecule has 0 spiro atoms. The summed E-state index contributed by atoms with van der Waals surface area (Å²) in [6, 6.07) is 0. The van der Waals surface area contributed by atoms with Crippen molar-refractivity contribution >= 4 is 10.1 Å². The third kappa shape index (κ3) is 20.2. The van der Waals surface area contributed by atoms with Crippen LogP contribution in [0, 0.1) is 0 Å². The minimum atomic E-state index is -4.29. The molecule has 0 bridgehead atoms. The van der Waals surface area contributed by atoms with Gasteiger partial charge in [0.15, 0.2) is 0 Å². The number of aliphatic hydroxyl groups excluding tert-OH is 1. The SMILES string of the molecule is CCCCCCCCCCCCCCCCC(O)CC(CCC)S(=O)(=O)[O-].[Na+]. The zero-order valence-electron chi connectivity index (χ0n) is 19.0. The van der Waals surface area contributed by atoms with E-state index < -0.39 is 21.5 Å². The molecule has 0 aromatic heterocycles. The molecule has 164 valence electrons. The van der Waals surface area contributed by atoms with Crippen molar-refractivity contribution in [1.29, 1.82) is 0 Å². The number of rotatable bonds is 20. The molecule has 0 saturated carbocycles. The fraction of sp³-hybridized carbons (Fsp3) is 1.00. The van der Waals surface area contributed by atoms with Crippen LogP contribution in [0.3, 0.4) is 0 Å². The van der Waals surface area contributed by atoms with Crippen LogP contribution in [0.15, 0.2) is 0 Å². The topological polar surface area (TPSA) is 77.4 Å². The molecule has 0 aromatic rings. The summed E-state index contributed by atoms with van der Waals surface area (Å²) in [7, 11) is -4.29. The predicted molar refractivity (Wildman–Crippen MR) is 114 cm³/mol. The summed E-state index contributed by atoms with van der Waals surface area (Å²) in [6.45, 7) is 4.12. The van der Waals surface area contributed by atoms with Crippen LogP contribution in [0.2, 0.25) is 0 Å². The maximum absolute atomic E-state index is 11.2. The van der Waals surface area contributed by atoms with Crippen LogP contribution < -0.4 is 29.6 Å². The molecule has 0 heterocycles. The van der Waals surface area contributed by atoms with Gasteiger partial charge >= 0.3 is 29.6 Å². The van der Waals surface area contributed by atoms with E-state index in [1.165, 1.54) is 77.0 Å². The summed E-state index contributed by atoms with van der Waals surface area (Å²) in [5.41, 5.74) is 0. The molecule has 0 rings (SSSR count). The van der Waals surface area contributed by atoms with Gasteiger partial charge in [0.1, 0.15) is 0 Å². The third-order valence-electron chi connectivity index (χ3n) is 5.44. The first-order chi connectivity index (χ1) is 12.9. The van der Waals surface area contributed by atoms with Crippen molar-refractivity contribution in [1.82, 2.24) is 0 Å². The van der Waals surface area contributed by atoms with Crippen molar-refractivity contribution in [2.45, 2.75) is 141 Å². The molecule has 0 amide bonds. The van der Waals surface area contributed by atoms with Gasteiger partial charge in [-0.1, -0.05) is 110 Å². The Bertz CT molecular complexity index is 415. The van der Waals surface area contributed by atoms with Gasteiger partial charge in [-0.15, -0.1) is 0 Å². The van der Waals surface area contributed by atoms with Crippen molar-refractivity contribution < 1.29 is 47.6 Å². The van der Waals surface area contributed by atoms with E-state index in [0.717, 1.165) is 12.8 Å². The monoisotopic (exact) mass is 428 g/mol. The fourth-order valence-electron chi connectivity index (χ4n) is 3.70. The van der Waals surface area contributed by atoms with Gasteiger partial charge in [0.2, 0.25) is 0 Å². The Kier molecular flexibility index (Phi) is 23.4. The predicted octanol–water partition coefficient (Wildman–Crippen LogP) is 3.33. The van der Waals surface area contributed by atoms with Gasteiger partial charge < -0.3 is 9.66 Å². The molecule has 6 heteroatoms. The van der Waals surface area contributed by atoms with E-state index in [1.807, 2.05) is 6.92 Å². The van der Waals surface area contributed by atoms with Crippen molar-refractivity contribution in [3.05, 3.63) is 0 Å². The standard InChI is InChI=1S/C22H46O4S.Na/c1-3-5-6-7-8-9-10-11-12-13-14-15-16-17-19-21(23)20-22(18-4-2)27(24,25)26;/h21-23H,3-20H2,1-2H3,(H,24,25,26);/q;+1/p-1. The van der Waals surface area contributed by atoms with Crippen molar-refractivity contribution in [3.63, 3.8) is 0 Å². The van der Waals surface area contributed by atoms with E-state index in [0.29, 0.717) is 19.3 Å². The summed E-state index contributed by atoms with van der Waals surface area (Å²) >= 11 is 0. The Labute approximate surface area is 197 Å². The number of hydrogen-bond acceptors (Lipinski definition) is 4. The van der Waals surface area contributed by atoms with E-state index in [1.54, 1.807) is 0 Å². The first-order valence-electron chi connectivity index (χ1n) is 11.5. The Morgan fingerprint density at radius 1 is 0.679 bits per heavy atom. The second-order valence-electron chi connectivity index (χ2n) is 8.18. The fourth-order valence-corrected chi connectivity index (χ4v) is 4.68. The molecular formula is C22H45NaO4S. The van der Waals surface area contributed by atoms with Crippen molar-refractivity contribution in [2.75, 3.05) is 0 Å². The Morgan fingerprint density at radius 3 is 1.43 bits per heavy atom. The van der Waals surface area contributed by atoms with E-state index >= 15 is 0 Å². The first kappa shape index (κ1) is 31.1. The maximum Gasteiger partial charge on any atom is 1.00 e. The first-order valence-corrected chi connectivity index (χ1v) is 13.0. The Hall–Kier alpha value is 0.870. The molecule has 2 atom stereocenters. The average Bonchev–Trinajstić information content (AvgIpc) is 2.61. The molecule has 1 N–H and O–H groups in total. The second-order valence-corrected chi connectivity index (χ2v) is 9.83. The number of hydrogen-bond donors (Lipinski definition) is 1. The van der Waals surface area contributed by atoms with Crippen LogP contribution >= 0.6 is 0 Å². The number of unbranched alkanes of at least 4 members (excludes halogenated alkanes) is 13. The van der Waals surface area contributed by atoms with Gasteiger partial charge in [-0.2, -0.15) is 0 Å². The van der Waals surface area contributed by atoms with Crippen LogP contribution in [0.5, 0.6) is 0 Å². The maximum atomic E-state index is 11.2. The Morgan fingerprint density at radius 2 is 1.07 bits per heavy atom. The van der Waals surface area contributed by atoms with Crippen LogP contribution in [0.1, 0.15) is 129 Å². The molecule has 0 saturated heterocycles. The van der Waals surface area contributed by atoms with Gasteiger partial charge in [0.05, 0.1) is 21.5 Å². The molecule has 0 fully saturated rings. The molecule has 0 aromatic carbocycles. The molecule has 0 aliphatic rings. The number of aliphatic hydroxyl groups is 1. The average molecular weight is 429 g/mol.